The lowest BCUT2D eigenvalue weighted by atomic mass is 10.1. The summed E-state index contributed by atoms with van der Waals surface area (Å²) in [6.45, 7) is 2.91. The Morgan fingerprint density at radius 1 is 0.778 bits per heavy atom. The van der Waals surface area contributed by atoms with Gasteiger partial charge in [0, 0.05) is 13.0 Å². The molecule has 1 aromatic carbocycles. The Morgan fingerprint density at radius 3 is 1.96 bits per heavy atom. The molecule has 0 aliphatic carbocycles. The highest BCUT2D eigenvalue weighted by Gasteiger charge is 2.01. The number of hydrogen-bond acceptors (Lipinski definition) is 1. The van der Waals surface area contributed by atoms with Gasteiger partial charge in [-0.05, 0) is 37.7 Å². The van der Waals surface area contributed by atoms with Crippen LogP contribution < -0.4 is 5.32 Å². The molecule has 27 heavy (non-hydrogen) atoms. The zero-order valence-corrected chi connectivity index (χ0v) is 17.6. The Morgan fingerprint density at radius 2 is 1.33 bits per heavy atom. The summed E-state index contributed by atoms with van der Waals surface area (Å²) in [5.41, 5.74) is 1.16. The first kappa shape index (κ1) is 23.5. The van der Waals surface area contributed by atoms with Crippen molar-refractivity contribution in [3.8, 4) is 0 Å². The van der Waals surface area contributed by atoms with E-state index in [0.29, 0.717) is 13.0 Å². The summed E-state index contributed by atoms with van der Waals surface area (Å²) < 4.78 is 0. The largest absolute Gasteiger partial charge is 0.352 e. The Bertz CT molecular complexity index is 480. The fourth-order valence-corrected chi connectivity index (χ4v) is 3.24. The molecule has 0 saturated carbocycles. The SMILES string of the molecule is CCCCCCCC/C=C/CCCCCCCC(=O)NCc1ccccc1. The molecule has 0 radical (unpaired) electrons. The summed E-state index contributed by atoms with van der Waals surface area (Å²) in [5, 5.41) is 3.00. The van der Waals surface area contributed by atoms with Gasteiger partial charge in [0.2, 0.25) is 5.91 Å². The van der Waals surface area contributed by atoms with E-state index in [9.17, 15) is 4.79 Å². The van der Waals surface area contributed by atoms with Crippen LogP contribution in [0.4, 0.5) is 0 Å². The molecule has 0 bridgehead atoms. The lowest BCUT2D eigenvalue weighted by molar-refractivity contribution is -0.121. The zero-order chi connectivity index (χ0) is 19.4. The minimum atomic E-state index is 0.177. The van der Waals surface area contributed by atoms with Crippen molar-refractivity contribution in [3.63, 3.8) is 0 Å². The maximum atomic E-state index is 11.8. The van der Waals surface area contributed by atoms with Gasteiger partial charge in [-0.2, -0.15) is 0 Å². The number of unbranched alkanes of at least 4 members (excludes halogenated alkanes) is 11. The van der Waals surface area contributed by atoms with Crippen molar-refractivity contribution in [3.05, 3.63) is 48.0 Å². The second kappa shape index (κ2) is 17.8. The van der Waals surface area contributed by atoms with E-state index in [1.54, 1.807) is 0 Å². The van der Waals surface area contributed by atoms with Crippen molar-refractivity contribution in [2.24, 2.45) is 0 Å². The third-order valence-electron chi connectivity index (χ3n) is 5.00. The predicted octanol–water partition coefficient (Wildman–Crippen LogP) is 7.34. The highest BCUT2D eigenvalue weighted by Crippen LogP contribution is 2.10. The number of nitrogens with one attached hydrogen (secondary N) is 1. The molecule has 0 aromatic heterocycles. The first-order valence-electron chi connectivity index (χ1n) is 11.3. The molecule has 2 heteroatoms. The van der Waals surface area contributed by atoms with E-state index in [1.165, 1.54) is 77.0 Å². The van der Waals surface area contributed by atoms with Gasteiger partial charge in [0.25, 0.3) is 0 Å². The molecule has 2 nitrogen and oxygen atoms in total. The van der Waals surface area contributed by atoms with Crippen LogP contribution in [0.3, 0.4) is 0 Å². The molecule has 0 aliphatic rings. The Labute approximate surface area is 167 Å². The normalized spacial score (nSPS) is 11.1. The topological polar surface area (TPSA) is 29.1 Å². The first-order chi connectivity index (χ1) is 13.3. The van der Waals surface area contributed by atoms with Crippen LogP contribution in [0.2, 0.25) is 0 Å². The monoisotopic (exact) mass is 371 g/mol. The number of carbonyl (C=O) groups excluding carboxylic acids is 1. The smallest absolute Gasteiger partial charge is 0.220 e. The molecule has 0 spiro atoms. The minimum absolute atomic E-state index is 0.177. The third kappa shape index (κ3) is 15.2. The fraction of sp³-hybridized carbons (Fsp3) is 0.640. The average molecular weight is 372 g/mol. The van der Waals surface area contributed by atoms with Gasteiger partial charge in [0.15, 0.2) is 0 Å². The van der Waals surface area contributed by atoms with Crippen LogP contribution >= 0.6 is 0 Å². The number of hydrogen-bond donors (Lipinski definition) is 1. The molecular formula is C25H41NO. The number of amides is 1. The van der Waals surface area contributed by atoms with Gasteiger partial charge < -0.3 is 5.32 Å². The van der Waals surface area contributed by atoms with E-state index in [1.807, 2.05) is 30.3 Å². The van der Waals surface area contributed by atoms with Crippen LogP contribution in [0, 0.1) is 0 Å². The van der Waals surface area contributed by atoms with Gasteiger partial charge >= 0.3 is 0 Å². The second-order valence-electron chi connectivity index (χ2n) is 7.60. The number of rotatable bonds is 17. The molecule has 0 heterocycles. The zero-order valence-electron chi connectivity index (χ0n) is 17.6. The van der Waals surface area contributed by atoms with E-state index >= 15 is 0 Å². The summed E-state index contributed by atoms with van der Waals surface area (Å²) in [5.74, 6) is 0.177. The van der Waals surface area contributed by atoms with Crippen molar-refractivity contribution < 1.29 is 4.79 Å². The summed E-state index contributed by atoms with van der Waals surface area (Å²) in [7, 11) is 0. The fourth-order valence-electron chi connectivity index (χ4n) is 3.24. The number of allylic oxidation sites excluding steroid dienone is 2. The second-order valence-corrected chi connectivity index (χ2v) is 7.60. The molecule has 1 amide bonds. The van der Waals surface area contributed by atoms with Gasteiger partial charge in [-0.15, -0.1) is 0 Å². The van der Waals surface area contributed by atoms with E-state index in [0.717, 1.165) is 12.0 Å². The molecule has 0 fully saturated rings. The quantitative estimate of drug-likeness (QED) is 0.225. The molecule has 1 N–H and O–H groups in total. The van der Waals surface area contributed by atoms with Crippen LogP contribution in [0.15, 0.2) is 42.5 Å². The van der Waals surface area contributed by atoms with Crippen LogP contribution in [0.25, 0.3) is 0 Å². The molecule has 0 unspecified atom stereocenters. The van der Waals surface area contributed by atoms with Gasteiger partial charge in [-0.3, -0.25) is 4.79 Å². The Hall–Kier alpha value is -1.57. The lowest BCUT2D eigenvalue weighted by Gasteiger charge is -2.05. The van der Waals surface area contributed by atoms with Crippen molar-refractivity contribution >= 4 is 5.91 Å². The molecule has 0 atom stereocenters. The van der Waals surface area contributed by atoms with E-state index in [-0.39, 0.29) is 5.91 Å². The van der Waals surface area contributed by atoms with E-state index in [4.69, 9.17) is 0 Å². The lowest BCUT2D eigenvalue weighted by Crippen LogP contribution is -2.22. The maximum Gasteiger partial charge on any atom is 0.220 e. The molecule has 1 aromatic rings. The molecule has 152 valence electrons. The van der Waals surface area contributed by atoms with E-state index in [2.05, 4.69) is 24.4 Å². The molecule has 0 saturated heterocycles. The van der Waals surface area contributed by atoms with Gasteiger partial charge in [0.1, 0.15) is 0 Å². The van der Waals surface area contributed by atoms with Crippen molar-refractivity contribution in [2.75, 3.05) is 0 Å². The van der Waals surface area contributed by atoms with Crippen LogP contribution in [-0.2, 0) is 11.3 Å². The average Bonchev–Trinajstić information content (AvgIpc) is 2.70. The number of carbonyl (C=O) groups is 1. The van der Waals surface area contributed by atoms with Crippen molar-refractivity contribution in [1.82, 2.24) is 5.32 Å². The Balaban J connectivity index is 1.82. The molecular weight excluding hydrogens is 330 g/mol. The highest BCUT2D eigenvalue weighted by atomic mass is 16.1. The van der Waals surface area contributed by atoms with Crippen molar-refractivity contribution in [2.45, 2.75) is 103 Å². The third-order valence-corrected chi connectivity index (χ3v) is 5.00. The van der Waals surface area contributed by atoms with Crippen LogP contribution in [0.1, 0.15) is 102 Å². The van der Waals surface area contributed by atoms with E-state index < -0.39 is 0 Å². The summed E-state index contributed by atoms with van der Waals surface area (Å²) in [4.78, 5) is 11.8. The standard InChI is InChI=1S/C25H41NO/c1-2-3-4-5-6-7-8-9-10-11-12-13-14-15-19-22-25(27)26-23-24-20-17-16-18-21-24/h9-10,16-18,20-21H,2-8,11-15,19,22-23H2,1H3,(H,26,27)/b10-9+. The first-order valence-corrected chi connectivity index (χ1v) is 11.3. The van der Waals surface area contributed by atoms with Gasteiger partial charge in [-0.1, -0.05) is 101 Å². The summed E-state index contributed by atoms with van der Waals surface area (Å²) >= 11 is 0. The maximum absolute atomic E-state index is 11.8. The molecule has 0 aliphatic heterocycles. The van der Waals surface area contributed by atoms with Gasteiger partial charge in [-0.25, -0.2) is 0 Å². The molecule has 1 rings (SSSR count). The van der Waals surface area contributed by atoms with Crippen LogP contribution in [-0.4, -0.2) is 5.91 Å². The Kier molecular flexibility index (Phi) is 15.5. The number of benzene rings is 1. The van der Waals surface area contributed by atoms with Crippen LogP contribution in [0.5, 0.6) is 0 Å². The predicted molar refractivity (Wildman–Crippen MR) is 118 cm³/mol. The minimum Gasteiger partial charge on any atom is -0.352 e. The highest BCUT2D eigenvalue weighted by molar-refractivity contribution is 5.75. The summed E-state index contributed by atoms with van der Waals surface area (Å²) in [6, 6.07) is 10.1. The van der Waals surface area contributed by atoms with Gasteiger partial charge in [0.05, 0.1) is 0 Å². The summed E-state index contributed by atoms with van der Waals surface area (Å²) in [6.07, 6.45) is 22.2. The van der Waals surface area contributed by atoms with Crippen molar-refractivity contribution in [1.29, 1.82) is 0 Å².